The molecule has 15 heteroatoms. The molecular formula is C23H22BrF4N3O6S. The Hall–Kier alpha value is -2.75. The second kappa shape index (κ2) is 9.77. The first-order chi connectivity index (χ1) is 17.5. The van der Waals surface area contributed by atoms with Crippen LogP contribution in [0, 0.1) is 12.7 Å². The predicted molar refractivity (Wildman–Crippen MR) is 129 cm³/mol. The Kier molecular flexibility index (Phi) is 7.27. The molecule has 9 nitrogen and oxygen atoms in total. The minimum absolute atomic E-state index is 0.0753. The van der Waals surface area contributed by atoms with Gasteiger partial charge in [0.2, 0.25) is 15.9 Å². The molecule has 2 heterocycles. The monoisotopic (exact) mass is 623 g/mol. The topological polar surface area (TPSA) is 135 Å². The fraction of sp³-hybridized carbons (Fsp3) is 0.391. The maximum Gasteiger partial charge on any atom is 0.434 e. The van der Waals surface area contributed by atoms with Crippen molar-refractivity contribution in [2.24, 2.45) is 0 Å². The SMILES string of the molecule is Cc1c(Br)ccc(F)c1[C@@H](C)[C@H](NS(=O)(=O)c1ccc(C(F)(F)F)c2c1OCCC2(C)O)c1n[nH]c(=O)o1. The molecule has 4 rings (SSSR count). The van der Waals surface area contributed by atoms with Gasteiger partial charge in [-0.15, -0.1) is 5.10 Å². The highest BCUT2D eigenvalue weighted by Gasteiger charge is 2.45. The van der Waals surface area contributed by atoms with Crippen molar-refractivity contribution in [1.29, 1.82) is 0 Å². The Bertz CT molecular complexity index is 1550. The van der Waals surface area contributed by atoms with Crippen molar-refractivity contribution in [3.8, 4) is 5.75 Å². The lowest BCUT2D eigenvalue weighted by atomic mass is 9.86. The van der Waals surface area contributed by atoms with E-state index in [1.165, 1.54) is 13.0 Å². The zero-order valence-corrected chi connectivity index (χ0v) is 22.5. The van der Waals surface area contributed by atoms with Gasteiger partial charge < -0.3 is 14.3 Å². The Labute approximate surface area is 222 Å². The van der Waals surface area contributed by atoms with Crippen molar-refractivity contribution < 1.29 is 40.2 Å². The van der Waals surface area contributed by atoms with Crippen molar-refractivity contribution >= 4 is 26.0 Å². The number of rotatable bonds is 6. The van der Waals surface area contributed by atoms with E-state index in [9.17, 15) is 35.9 Å². The first-order valence-corrected chi connectivity index (χ1v) is 13.4. The number of sulfonamides is 1. The number of fused-ring (bicyclic) bond motifs is 1. The molecule has 0 radical (unpaired) electrons. The summed E-state index contributed by atoms with van der Waals surface area (Å²) in [5, 5.41) is 16.4. The van der Waals surface area contributed by atoms with E-state index in [0.717, 1.165) is 13.0 Å². The summed E-state index contributed by atoms with van der Waals surface area (Å²) in [6, 6.07) is 2.40. The molecule has 0 bridgehead atoms. The Morgan fingerprint density at radius 3 is 2.55 bits per heavy atom. The molecule has 3 N–H and O–H groups in total. The smallest absolute Gasteiger partial charge is 0.434 e. The van der Waals surface area contributed by atoms with E-state index in [0.29, 0.717) is 22.2 Å². The van der Waals surface area contributed by atoms with Gasteiger partial charge in [0.15, 0.2) is 0 Å². The van der Waals surface area contributed by atoms with E-state index < -0.39 is 73.0 Å². The van der Waals surface area contributed by atoms with Crippen LogP contribution in [0.2, 0.25) is 0 Å². The number of halogens is 5. The molecule has 1 aromatic heterocycles. The molecule has 0 fully saturated rings. The van der Waals surface area contributed by atoms with Crippen LogP contribution in [0.15, 0.2) is 42.8 Å². The number of nitrogens with one attached hydrogen (secondary N) is 2. The zero-order valence-electron chi connectivity index (χ0n) is 20.1. The van der Waals surface area contributed by atoms with E-state index in [4.69, 9.17) is 9.15 Å². The number of nitrogens with zero attached hydrogens (tertiary/aromatic N) is 1. The summed E-state index contributed by atoms with van der Waals surface area (Å²) < 4.78 is 96.6. The number of benzene rings is 2. The molecular weight excluding hydrogens is 602 g/mol. The Balaban J connectivity index is 1.87. The van der Waals surface area contributed by atoms with E-state index in [1.54, 1.807) is 6.92 Å². The highest BCUT2D eigenvalue weighted by Crippen LogP contribution is 2.48. The molecule has 0 spiro atoms. The quantitative estimate of drug-likeness (QED) is 0.346. The minimum atomic E-state index is -4.91. The van der Waals surface area contributed by atoms with Crippen LogP contribution in [0.5, 0.6) is 5.75 Å². The summed E-state index contributed by atoms with van der Waals surface area (Å²) >= 11 is 3.30. The number of ether oxygens (including phenoxy) is 1. The average Bonchev–Trinajstić information content (AvgIpc) is 3.24. The zero-order chi connectivity index (χ0) is 28.2. The lowest BCUT2D eigenvalue weighted by molar-refractivity contribution is -0.141. The largest absolute Gasteiger partial charge is 0.492 e. The van der Waals surface area contributed by atoms with Crippen LogP contribution in [0.3, 0.4) is 0 Å². The van der Waals surface area contributed by atoms with Crippen LogP contribution in [-0.2, 0) is 21.8 Å². The third kappa shape index (κ3) is 5.11. The lowest BCUT2D eigenvalue weighted by Gasteiger charge is -2.34. The van der Waals surface area contributed by atoms with Crippen LogP contribution in [0.25, 0.3) is 0 Å². The first kappa shape index (κ1) is 28.3. The highest BCUT2D eigenvalue weighted by atomic mass is 79.9. The van der Waals surface area contributed by atoms with Gasteiger partial charge in [-0.25, -0.2) is 22.7 Å². The van der Waals surface area contributed by atoms with E-state index in [2.05, 4.69) is 25.8 Å². The van der Waals surface area contributed by atoms with Gasteiger partial charge >= 0.3 is 11.9 Å². The van der Waals surface area contributed by atoms with E-state index in [-0.39, 0.29) is 18.6 Å². The van der Waals surface area contributed by atoms with Crippen LogP contribution in [0.4, 0.5) is 17.6 Å². The summed E-state index contributed by atoms with van der Waals surface area (Å²) in [4.78, 5) is 11.0. The number of hydrogen-bond donors (Lipinski definition) is 3. The van der Waals surface area contributed by atoms with Crippen LogP contribution in [-0.4, -0.2) is 30.3 Å². The Morgan fingerprint density at radius 2 is 1.95 bits per heavy atom. The summed E-state index contributed by atoms with van der Waals surface area (Å²) in [7, 11) is -4.74. The van der Waals surface area contributed by atoms with Crippen LogP contribution < -0.4 is 15.2 Å². The molecule has 3 aromatic rings. The molecule has 206 valence electrons. The van der Waals surface area contributed by atoms with Gasteiger partial charge in [0.1, 0.15) is 22.5 Å². The molecule has 0 amide bonds. The van der Waals surface area contributed by atoms with Gasteiger partial charge in [0, 0.05) is 22.4 Å². The molecule has 38 heavy (non-hydrogen) atoms. The molecule has 3 atom stereocenters. The summed E-state index contributed by atoms with van der Waals surface area (Å²) in [5.41, 5.74) is -3.49. The van der Waals surface area contributed by atoms with Gasteiger partial charge in [-0.2, -0.15) is 17.9 Å². The standard InChI is InChI=1S/C23H22BrF4N3O6S/c1-10-13(24)5-6-14(25)16(10)11(2)18(20-29-30-21(32)37-20)31-38(34,35)15-7-4-12(23(26,27)28)17-19(15)36-9-8-22(17,3)33/h4-7,11,18,31,33H,8-9H2,1-3H3,(H,30,32)/t11-,18+,22?/m1/s1. The minimum Gasteiger partial charge on any atom is -0.492 e. The second-order valence-electron chi connectivity index (χ2n) is 9.09. The highest BCUT2D eigenvalue weighted by molar-refractivity contribution is 9.10. The first-order valence-electron chi connectivity index (χ1n) is 11.2. The third-order valence-corrected chi connectivity index (χ3v) is 8.77. The maximum absolute atomic E-state index is 14.9. The molecule has 0 aliphatic carbocycles. The number of aliphatic hydroxyl groups is 1. The van der Waals surface area contributed by atoms with Gasteiger partial charge in [-0.3, -0.25) is 0 Å². The van der Waals surface area contributed by atoms with Crippen molar-refractivity contribution in [2.45, 2.75) is 55.8 Å². The molecule has 0 saturated carbocycles. The summed E-state index contributed by atoms with van der Waals surface area (Å²) in [6.07, 6.45) is -5.12. The maximum atomic E-state index is 14.9. The number of aromatic nitrogens is 2. The normalized spacial score (nSPS) is 19.5. The summed E-state index contributed by atoms with van der Waals surface area (Å²) in [6.45, 7) is 3.94. The fourth-order valence-corrected chi connectivity index (χ4v) is 6.30. The molecule has 1 aliphatic heterocycles. The number of hydrogen-bond acceptors (Lipinski definition) is 7. The van der Waals surface area contributed by atoms with Crippen LogP contribution >= 0.6 is 15.9 Å². The van der Waals surface area contributed by atoms with Crippen molar-refractivity contribution in [3.63, 3.8) is 0 Å². The second-order valence-corrected chi connectivity index (χ2v) is 11.6. The van der Waals surface area contributed by atoms with E-state index in [1.807, 2.05) is 5.10 Å². The van der Waals surface area contributed by atoms with Crippen molar-refractivity contribution in [3.05, 3.63) is 73.3 Å². The van der Waals surface area contributed by atoms with Gasteiger partial charge in [0.05, 0.1) is 17.8 Å². The summed E-state index contributed by atoms with van der Waals surface area (Å²) in [5.74, 6) is -3.80. The van der Waals surface area contributed by atoms with Gasteiger partial charge in [-0.05, 0) is 49.2 Å². The van der Waals surface area contributed by atoms with Gasteiger partial charge in [0.25, 0.3) is 0 Å². The number of aromatic amines is 1. The van der Waals surface area contributed by atoms with E-state index >= 15 is 0 Å². The average molecular weight is 624 g/mol. The molecule has 2 aromatic carbocycles. The molecule has 1 aliphatic rings. The molecule has 1 unspecified atom stereocenters. The molecule has 0 saturated heterocycles. The number of H-pyrrole nitrogens is 1. The van der Waals surface area contributed by atoms with Gasteiger partial charge in [-0.1, -0.05) is 22.9 Å². The lowest BCUT2D eigenvalue weighted by Crippen LogP contribution is -2.36. The Morgan fingerprint density at radius 1 is 1.26 bits per heavy atom. The fourth-order valence-electron chi connectivity index (χ4n) is 4.53. The van der Waals surface area contributed by atoms with Crippen LogP contribution in [0.1, 0.15) is 60.4 Å². The predicted octanol–water partition coefficient (Wildman–Crippen LogP) is 4.41. The third-order valence-electron chi connectivity index (χ3n) is 6.44. The number of alkyl halides is 3. The van der Waals surface area contributed by atoms with Crippen molar-refractivity contribution in [2.75, 3.05) is 6.61 Å². The van der Waals surface area contributed by atoms with Crippen molar-refractivity contribution in [1.82, 2.24) is 14.9 Å².